The third kappa shape index (κ3) is 5.34. The number of nitrogens with zero attached hydrogens (tertiary/aromatic N) is 1. The highest BCUT2D eigenvalue weighted by Crippen LogP contribution is 2.15. The summed E-state index contributed by atoms with van der Waals surface area (Å²) in [5.74, 6) is 0. The van der Waals surface area contributed by atoms with Gasteiger partial charge < -0.3 is 5.32 Å². The Morgan fingerprint density at radius 2 is 1.42 bits per heavy atom. The summed E-state index contributed by atoms with van der Waals surface area (Å²) in [4.78, 5) is 18.5. The fraction of sp³-hybridized carbons (Fsp3) is 0.0952. The van der Waals surface area contributed by atoms with Gasteiger partial charge in [0.1, 0.15) is 6.61 Å². The van der Waals surface area contributed by atoms with Crippen LogP contribution in [0.15, 0.2) is 84.9 Å². The first kappa shape index (κ1) is 18.0. The largest absolute Gasteiger partial charge is 0.346 e. The maximum Gasteiger partial charge on any atom is 0.346 e. The van der Waals surface area contributed by atoms with Gasteiger partial charge >= 0.3 is 6.03 Å². The van der Waals surface area contributed by atoms with E-state index in [1.807, 2.05) is 60.7 Å². The van der Waals surface area contributed by atoms with E-state index in [1.54, 1.807) is 24.3 Å². The topological polar surface area (TPSA) is 41.6 Å². The summed E-state index contributed by atoms with van der Waals surface area (Å²) < 4.78 is 0. The SMILES string of the molecule is O=C(Nc1ccc(Cl)cc1)N(Cc1ccccc1)OCc1ccccc1. The first-order valence-corrected chi connectivity index (χ1v) is 8.63. The number of urea groups is 1. The molecule has 26 heavy (non-hydrogen) atoms. The molecule has 0 aromatic heterocycles. The van der Waals surface area contributed by atoms with Gasteiger partial charge in [0.05, 0.1) is 6.54 Å². The zero-order valence-corrected chi connectivity index (χ0v) is 14.9. The zero-order valence-electron chi connectivity index (χ0n) is 14.1. The summed E-state index contributed by atoms with van der Waals surface area (Å²) in [6.45, 7) is 0.648. The van der Waals surface area contributed by atoms with E-state index in [1.165, 1.54) is 5.06 Å². The monoisotopic (exact) mass is 366 g/mol. The van der Waals surface area contributed by atoms with E-state index in [9.17, 15) is 4.79 Å². The molecule has 0 aliphatic heterocycles. The van der Waals surface area contributed by atoms with E-state index >= 15 is 0 Å². The van der Waals surface area contributed by atoms with Crippen molar-refractivity contribution in [1.29, 1.82) is 0 Å². The van der Waals surface area contributed by atoms with Gasteiger partial charge in [-0.2, -0.15) is 5.06 Å². The van der Waals surface area contributed by atoms with Crippen molar-refractivity contribution in [3.63, 3.8) is 0 Å². The molecule has 4 nitrogen and oxygen atoms in total. The molecule has 0 unspecified atom stereocenters. The molecule has 0 saturated heterocycles. The van der Waals surface area contributed by atoms with Crippen LogP contribution in [0, 0.1) is 0 Å². The molecule has 0 fully saturated rings. The average molecular weight is 367 g/mol. The van der Waals surface area contributed by atoms with Gasteiger partial charge in [-0.05, 0) is 35.4 Å². The molecule has 132 valence electrons. The highest BCUT2D eigenvalue weighted by molar-refractivity contribution is 6.30. The van der Waals surface area contributed by atoms with Crippen LogP contribution in [0.1, 0.15) is 11.1 Å². The normalized spacial score (nSPS) is 10.3. The molecule has 0 bridgehead atoms. The Kier molecular flexibility index (Phi) is 6.25. The molecule has 2 amide bonds. The van der Waals surface area contributed by atoms with Crippen molar-refractivity contribution in [2.24, 2.45) is 0 Å². The van der Waals surface area contributed by atoms with Crippen molar-refractivity contribution in [1.82, 2.24) is 5.06 Å². The molecule has 0 heterocycles. The molecule has 3 aromatic rings. The lowest BCUT2D eigenvalue weighted by Gasteiger charge is -2.22. The summed E-state index contributed by atoms with van der Waals surface area (Å²) in [5, 5.41) is 4.77. The number of carbonyl (C=O) groups is 1. The van der Waals surface area contributed by atoms with Crippen LogP contribution in [-0.4, -0.2) is 11.1 Å². The fourth-order valence-electron chi connectivity index (χ4n) is 2.37. The van der Waals surface area contributed by atoms with Gasteiger partial charge in [0, 0.05) is 10.7 Å². The predicted molar refractivity (Wildman–Crippen MR) is 104 cm³/mol. The van der Waals surface area contributed by atoms with E-state index in [0.29, 0.717) is 23.9 Å². The van der Waals surface area contributed by atoms with E-state index in [2.05, 4.69) is 5.32 Å². The highest BCUT2D eigenvalue weighted by atomic mass is 35.5. The third-order valence-corrected chi connectivity index (χ3v) is 3.97. The minimum atomic E-state index is -0.341. The van der Waals surface area contributed by atoms with Crippen molar-refractivity contribution in [3.05, 3.63) is 101 Å². The van der Waals surface area contributed by atoms with Crippen LogP contribution >= 0.6 is 11.6 Å². The second-order valence-corrected chi connectivity index (χ2v) is 6.15. The standard InChI is InChI=1S/C21H19ClN2O2/c22-19-11-13-20(14-12-19)23-21(25)24(15-17-7-3-1-4-8-17)26-16-18-9-5-2-6-10-18/h1-14H,15-16H2,(H,23,25). The smallest absolute Gasteiger partial charge is 0.306 e. The Hall–Kier alpha value is -2.82. The van der Waals surface area contributed by atoms with Gasteiger partial charge in [0.15, 0.2) is 0 Å². The lowest BCUT2D eigenvalue weighted by Crippen LogP contribution is -2.34. The molecule has 3 rings (SSSR count). The lowest BCUT2D eigenvalue weighted by atomic mass is 10.2. The summed E-state index contributed by atoms with van der Waals surface area (Å²) in [5.41, 5.74) is 2.62. The summed E-state index contributed by atoms with van der Waals surface area (Å²) in [6, 6.07) is 26.0. The Bertz CT molecular complexity index is 824. The first-order valence-electron chi connectivity index (χ1n) is 8.25. The minimum Gasteiger partial charge on any atom is -0.306 e. The number of anilines is 1. The van der Waals surface area contributed by atoms with E-state index in [-0.39, 0.29) is 6.03 Å². The molecule has 0 aliphatic rings. The van der Waals surface area contributed by atoms with Crippen molar-refractivity contribution < 1.29 is 9.63 Å². The Morgan fingerprint density at radius 3 is 2.04 bits per heavy atom. The number of hydrogen-bond acceptors (Lipinski definition) is 2. The summed E-state index contributed by atoms with van der Waals surface area (Å²) in [6.07, 6.45) is 0. The number of carbonyl (C=O) groups excluding carboxylic acids is 1. The predicted octanol–water partition coefficient (Wildman–Crippen LogP) is 5.51. The average Bonchev–Trinajstić information content (AvgIpc) is 2.68. The maximum atomic E-state index is 12.7. The Morgan fingerprint density at radius 1 is 0.846 bits per heavy atom. The third-order valence-electron chi connectivity index (χ3n) is 3.72. The number of benzene rings is 3. The van der Waals surface area contributed by atoms with Crippen LogP contribution in [-0.2, 0) is 18.0 Å². The molecule has 0 spiro atoms. The number of hydrogen-bond donors (Lipinski definition) is 1. The van der Waals surface area contributed by atoms with E-state index in [4.69, 9.17) is 16.4 Å². The number of amides is 2. The van der Waals surface area contributed by atoms with E-state index in [0.717, 1.165) is 11.1 Å². The Balaban J connectivity index is 1.70. The number of nitrogens with one attached hydrogen (secondary N) is 1. The molecule has 0 radical (unpaired) electrons. The number of rotatable bonds is 6. The Labute approximate surface area is 157 Å². The van der Waals surface area contributed by atoms with Crippen molar-refractivity contribution in [3.8, 4) is 0 Å². The van der Waals surface area contributed by atoms with Gasteiger partial charge in [-0.25, -0.2) is 4.79 Å². The molecular weight excluding hydrogens is 348 g/mol. The number of halogens is 1. The molecular formula is C21H19ClN2O2. The van der Waals surface area contributed by atoms with Crippen LogP contribution in [0.25, 0.3) is 0 Å². The van der Waals surface area contributed by atoms with Crippen molar-refractivity contribution in [2.45, 2.75) is 13.2 Å². The second kappa shape index (κ2) is 9.04. The van der Waals surface area contributed by atoms with Crippen LogP contribution in [0.4, 0.5) is 10.5 Å². The van der Waals surface area contributed by atoms with Gasteiger partial charge in [0.25, 0.3) is 0 Å². The van der Waals surface area contributed by atoms with Crippen LogP contribution < -0.4 is 5.32 Å². The summed E-state index contributed by atoms with van der Waals surface area (Å²) in [7, 11) is 0. The highest BCUT2D eigenvalue weighted by Gasteiger charge is 2.15. The molecule has 0 saturated carbocycles. The second-order valence-electron chi connectivity index (χ2n) is 5.72. The number of hydroxylamine groups is 2. The molecule has 0 atom stereocenters. The van der Waals surface area contributed by atoms with Crippen LogP contribution in [0.3, 0.4) is 0 Å². The minimum absolute atomic E-state index is 0.307. The van der Waals surface area contributed by atoms with Gasteiger partial charge in [-0.1, -0.05) is 72.3 Å². The lowest BCUT2D eigenvalue weighted by molar-refractivity contribution is -0.131. The van der Waals surface area contributed by atoms with Crippen LogP contribution in [0.5, 0.6) is 0 Å². The molecule has 1 N–H and O–H groups in total. The molecule has 3 aromatic carbocycles. The van der Waals surface area contributed by atoms with Gasteiger partial charge in [-0.15, -0.1) is 0 Å². The zero-order chi connectivity index (χ0) is 18.2. The fourth-order valence-corrected chi connectivity index (χ4v) is 2.50. The van der Waals surface area contributed by atoms with Crippen molar-refractivity contribution >= 4 is 23.3 Å². The molecule has 5 heteroatoms. The van der Waals surface area contributed by atoms with Gasteiger partial charge in [0.2, 0.25) is 0 Å². The van der Waals surface area contributed by atoms with Gasteiger partial charge in [-0.3, -0.25) is 4.84 Å². The summed E-state index contributed by atoms with van der Waals surface area (Å²) >= 11 is 5.89. The first-order chi connectivity index (χ1) is 12.7. The van der Waals surface area contributed by atoms with Crippen LogP contribution in [0.2, 0.25) is 5.02 Å². The van der Waals surface area contributed by atoms with Crippen molar-refractivity contribution in [2.75, 3.05) is 5.32 Å². The van der Waals surface area contributed by atoms with E-state index < -0.39 is 0 Å². The maximum absolute atomic E-state index is 12.7. The molecule has 0 aliphatic carbocycles. The quantitative estimate of drug-likeness (QED) is 0.585.